The van der Waals surface area contributed by atoms with Crippen molar-refractivity contribution in [2.45, 2.75) is 12.8 Å². The molecule has 0 fully saturated rings. The van der Waals surface area contributed by atoms with Gasteiger partial charge in [0.25, 0.3) is 0 Å². The van der Waals surface area contributed by atoms with Gasteiger partial charge in [0.2, 0.25) is 0 Å². The minimum absolute atomic E-state index is 0.180. The van der Waals surface area contributed by atoms with Gasteiger partial charge in [-0.1, -0.05) is 17.7 Å². The molecular weight excluding hydrogens is 236 g/mol. The molecule has 0 spiro atoms. The van der Waals surface area contributed by atoms with E-state index in [-0.39, 0.29) is 12.5 Å². The number of hydrogen-bond donors (Lipinski definition) is 2. The lowest BCUT2D eigenvalue weighted by molar-refractivity contribution is 0.274. The van der Waals surface area contributed by atoms with Crippen molar-refractivity contribution in [3.8, 4) is 0 Å². The predicted octanol–water partition coefficient (Wildman–Crippen LogP) is 3.07. The second-order valence-electron chi connectivity index (χ2n) is 3.98. The maximum atomic E-state index is 9.01. The minimum Gasteiger partial charge on any atom is -0.396 e. The summed E-state index contributed by atoms with van der Waals surface area (Å²) in [6.45, 7) is 0.180. The van der Waals surface area contributed by atoms with Crippen molar-refractivity contribution >= 4 is 23.1 Å². The number of aliphatic hydroxyl groups excluding tert-OH is 1. The third kappa shape index (κ3) is 3.32. The van der Waals surface area contributed by atoms with Crippen LogP contribution in [-0.2, 0) is 0 Å². The summed E-state index contributed by atoms with van der Waals surface area (Å²) < 4.78 is 0. The van der Waals surface area contributed by atoms with Crippen molar-refractivity contribution < 1.29 is 5.11 Å². The van der Waals surface area contributed by atoms with Crippen LogP contribution in [0.1, 0.15) is 12.8 Å². The number of rotatable bonds is 3. The maximum absolute atomic E-state index is 9.01. The molecule has 0 aromatic heterocycles. The molecule has 0 bridgehead atoms. The van der Waals surface area contributed by atoms with Crippen molar-refractivity contribution in [1.82, 2.24) is 0 Å². The standard InChI is InChI=1S/C13H15ClN2O/c14-11-3-5-12(6-4-11)16-13-10(7-9-17)2-1-8-15-13/h1,3-6,8,10,17H,2,7,9H2,(H,15,16). The number of halogens is 1. The Hall–Kier alpha value is -1.32. The Kier molecular flexibility index (Phi) is 4.18. The first kappa shape index (κ1) is 12.1. The van der Waals surface area contributed by atoms with Crippen LogP contribution in [0.15, 0.2) is 41.5 Å². The SMILES string of the molecule is OCCC1CC=CN=C1Nc1ccc(Cl)cc1. The van der Waals surface area contributed by atoms with E-state index in [9.17, 15) is 0 Å². The van der Waals surface area contributed by atoms with Crippen LogP contribution in [0.25, 0.3) is 0 Å². The lowest BCUT2D eigenvalue weighted by Gasteiger charge is -2.20. The molecule has 0 amide bonds. The van der Waals surface area contributed by atoms with Crippen molar-refractivity contribution in [2.75, 3.05) is 11.9 Å². The molecule has 0 saturated carbocycles. The third-order valence-corrected chi connectivity index (χ3v) is 2.97. The number of amidine groups is 1. The third-order valence-electron chi connectivity index (χ3n) is 2.72. The molecule has 4 heteroatoms. The summed E-state index contributed by atoms with van der Waals surface area (Å²) >= 11 is 5.83. The molecule has 1 aromatic carbocycles. The first-order chi connectivity index (χ1) is 8.29. The lowest BCUT2D eigenvalue weighted by atomic mass is 9.98. The molecular formula is C13H15ClN2O. The molecule has 0 saturated heterocycles. The number of aliphatic imine (C=N–C) groups is 1. The van der Waals surface area contributed by atoms with Gasteiger partial charge in [-0.05, 0) is 37.1 Å². The predicted molar refractivity (Wildman–Crippen MR) is 71.5 cm³/mol. The summed E-state index contributed by atoms with van der Waals surface area (Å²) in [4.78, 5) is 4.33. The Balaban J connectivity index is 2.08. The molecule has 1 aromatic rings. The van der Waals surface area contributed by atoms with Gasteiger partial charge < -0.3 is 10.4 Å². The van der Waals surface area contributed by atoms with Crippen molar-refractivity contribution in [3.05, 3.63) is 41.6 Å². The molecule has 0 radical (unpaired) electrons. The molecule has 90 valence electrons. The van der Waals surface area contributed by atoms with E-state index in [1.54, 1.807) is 6.20 Å². The second-order valence-corrected chi connectivity index (χ2v) is 4.41. The van der Waals surface area contributed by atoms with Crippen molar-refractivity contribution in [1.29, 1.82) is 0 Å². The zero-order valence-corrected chi connectivity index (χ0v) is 10.2. The Bertz CT molecular complexity index is 426. The molecule has 1 atom stereocenters. The molecule has 2 rings (SSSR count). The van der Waals surface area contributed by atoms with Crippen LogP contribution >= 0.6 is 11.6 Å². The van der Waals surface area contributed by atoms with E-state index in [2.05, 4.69) is 10.3 Å². The van der Waals surface area contributed by atoms with E-state index in [4.69, 9.17) is 16.7 Å². The number of hydrogen-bond acceptors (Lipinski definition) is 3. The number of anilines is 1. The van der Waals surface area contributed by atoms with E-state index >= 15 is 0 Å². The molecule has 17 heavy (non-hydrogen) atoms. The quantitative estimate of drug-likeness (QED) is 0.866. The Morgan fingerprint density at radius 3 is 2.82 bits per heavy atom. The summed E-state index contributed by atoms with van der Waals surface area (Å²) in [6, 6.07) is 7.51. The summed E-state index contributed by atoms with van der Waals surface area (Å²) in [7, 11) is 0. The van der Waals surface area contributed by atoms with Gasteiger partial charge in [0.05, 0.1) is 0 Å². The van der Waals surface area contributed by atoms with Crippen LogP contribution in [0.3, 0.4) is 0 Å². The van der Waals surface area contributed by atoms with Crippen LogP contribution in [0.4, 0.5) is 5.69 Å². The molecule has 1 unspecified atom stereocenters. The highest BCUT2D eigenvalue weighted by molar-refractivity contribution is 6.30. The average molecular weight is 251 g/mol. The summed E-state index contributed by atoms with van der Waals surface area (Å²) in [6.07, 6.45) is 5.46. The van der Waals surface area contributed by atoms with Gasteiger partial charge >= 0.3 is 0 Å². The first-order valence-electron chi connectivity index (χ1n) is 5.66. The van der Waals surface area contributed by atoms with Crippen LogP contribution in [-0.4, -0.2) is 17.5 Å². The van der Waals surface area contributed by atoms with Crippen LogP contribution < -0.4 is 5.32 Å². The Labute approximate surface area is 106 Å². The molecule has 2 N–H and O–H groups in total. The van der Waals surface area contributed by atoms with E-state index in [0.29, 0.717) is 5.02 Å². The Morgan fingerprint density at radius 2 is 2.12 bits per heavy atom. The first-order valence-corrected chi connectivity index (χ1v) is 6.03. The fraction of sp³-hybridized carbons (Fsp3) is 0.308. The largest absolute Gasteiger partial charge is 0.396 e. The maximum Gasteiger partial charge on any atom is 0.109 e. The van der Waals surface area contributed by atoms with Gasteiger partial charge in [0, 0.05) is 29.4 Å². The van der Waals surface area contributed by atoms with E-state index in [1.807, 2.05) is 30.3 Å². The number of benzene rings is 1. The zero-order chi connectivity index (χ0) is 12.1. The summed E-state index contributed by atoms with van der Waals surface area (Å²) in [5, 5.41) is 13.0. The minimum atomic E-state index is 0.180. The van der Waals surface area contributed by atoms with E-state index in [0.717, 1.165) is 24.4 Å². The van der Waals surface area contributed by atoms with Gasteiger partial charge in [-0.15, -0.1) is 0 Å². The highest BCUT2D eigenvalue weighted by Gasteiger charge is 2.16. The van der Waals surface area contributed by atoms with Crippen LogP contribution in [0.5, 0.6) is 0 Å². The van der Waals surface area contributed by atoms with Gasteiger partial charge in [-0.2, -0.15) is 0 Å². The lowest BCUT2D eigenvalue weighted by Crippen LogP contribution is -2.25. The Morgan fingerprint density at radius 1 is 1.35 bits per heavy atom. The van der Waals surface area contributed by atoms with Crippen molar-refractivity contribution in [3.63, 3.8) is 0 Å². The number of aliphatic hydroxyl groups is 1. The second kappa shape index (κ2) is 5.84. The van der Waals surface area contributed by atoms with Crippen LogP contribution in [0.2, 0.25) is 5.02 Å². The number of allylic oxidation sites excluding steroid dienone is 1. The molecule has 1 aliphatic rings. The van der Waals surface area contributed by atoms with E-state index < -0.39 is 0 Å². The summed E-state index contributed by atoms with van der Waals surface area (Å²) in [5.41, 5.74) is 0.964. The zero-order valence-electron chi connectivity index (χ0n) is 9.44. The molecule has 0 aliphatic carbocycles. The van der Waals surface area contributed by atoms with E-state index in [1.165, 1.54) is 0 Å². The van der Waals surface area contributed by atoms with Gasteiger partial charge in [-0.3, -0.25) is 0 Å². The van der Waals surface area contributed by atoms with Gasteiger partial charge in [0.15, 0.2) is 0 Å². The van der Waals surface area contributed by atoms with Crippen LogP contribution in [0, 0.1) is 5.92 Å². The molecule has 3 nitrogen and oxygen atoms in total. The smallest absolute Gasteiger partial charge is 0.109 e. The highest BCUT2D eigenvalue weighted by atomic mass is 35.5. The number of nitrogens with zero attached hydrogens (tertiary/aromatic N) is 1. The monoisotopic (exact) mass is 250 g/mol. The topological polar surface area (TPSA) is 44.6 Å². The van der Waals surface area contributed by atoms with Gasteiger partial charge in [-0.25, -0.2) is 4.99 Å². The van der Waals surface area contributed by atoms with Gasteiger partial charge in [0.1, 0.15) is 5.84 Å². The summed E-state index contributed by atoms with van der Waals surface area (Å²) in [5.74, 6) is 1.17. The fourth-order valence-electron chi connectivity index (χ4n) is 1.80. The molecule has 1 aliphatic heterocycles. The van der Waals surface area contributed by atoms with Crippen molar-refractivity contribution in [2.24, 2.45) is 10.9 Å². The molecule has 1 heterocycles. The highest BCUT2D eigenvalue weighted by Crippen LogP contribution is 2.19. The number of nitrogens with one attached hydrogen (secondary N) is 1. The average Bonchev–Trinajstić information content (AvgIpc) is 2.35. The normalized spacial score (nSPS) is 18.9. The fourth-order valence-corrected chi connectivity index (χ4v) is 1.93.